The number of nitrogens with one attached hydrogen (secondary N) is 1. The highest BCUT2D eigenvalue weighted by Crippen LogP contribution is 2.22. The van der Waals surface area contributed by atoms with Crippen molar-refractivity contribution in [3.05, 3.63) is 58.1 Å². The molecule has 0 radical (unpaired) electrons. The van der Waals surface area contributed by atoms with Crippen LogP contribution in [0, 0.1) is 11.6 Å². The van der Waals surface area contributed by atoms with Gasteiger partial charge in [0.2, 0.25) is 0 Å². The van der Waals surface area contributed by atoms with E-state index in [0.29, 0.717) is 12.2 Å². The molecule has 0 saturated carbocycles. The van der Waals surface area contributed by atoms with E-state index < -0.39 is 11.6 Å². The summed E-state index contributed by atoms with van der Waals surface area (Å²) in [7, 11) is 0. The highest BCUT2D eigenvalue weighted by atomic mass is 79.9. The first kappa shape index (κ1) is 12.8. The predicted octanol–water partition coefficient (Wildman–Crippen LogP) is 4.05. The monoisotopic (exact) mass is 313 g/mol. The molecule has 2 N–H and O–H groups in total. The molecule has 0 aliphatic heterocycles. The molecule has 0 bridgehead atoms. The molecule has 0 heterocycles. The van der Waals surface area contributed by atoms with Gasteiger partial charge in [-0.2, -0.15) is 0 Å². The largest absolute Gasteiger partial charge is 0.505 e. The third kappa shape index (κ3) is 2.98. The second-order valence-corrected chi connectivity index (χ2v) is 4.61. The van der Waals surface area contributed by atoms with Crippen LogP contribution < -0.4 is 5.32 Å². The SMILES string of the molecule is Oc1ccc(NCc2cc(F)ccc2Br)cc1F. The molecule has 0 fully saturated rings. The van der Waals surface area contributed by atoms with Crippen molar-refractivity contribution in [1.29, 1.82) is 0 Å². The molecule has 2 aromatic rings. The number of rotatable bonds is 3. The van der Waals surface area contributed by atoms with E-state index in [1.54, 1.807) is 12.1 Å². The lowest BCUT2D eigenvalue weighted by Gasteiger charge is -2.09. The first-order valence-corrected chi connectivity index (χ1v) is 6.02. The summed E-state index contributed by atoms with van der Waals surface area (Å²) in [5.74, 6) is -1.42. The smallest absolute Gasteiger partial charge is 0.166 e. The van der Waals surface area contributed by atoms with Crippen molar-refractivity contribution in [3.63, 3.8) is 0 Å². The van der Waals surface area contributed by atoms with Crippen LogP contribution in [-0.4, -0.2) is 5.11 Å². The molecule has 0 atom stereocenters. The Morgan fingerprint density at radius 3 is 2.61 bits per heavy atom. The van der Waals surface area contributed by atoms with E-state index in [-0.39, 0.29) is 5.82 Å². The molecule has 0 unspecified atom stereocenters. The summed E-state index contributed by atoms with van der Waals surface area (Å²) >= 11 is 3.31. The first-order chi connectivity index (χ1) is 8.56. The normalized spacial score (nSPS) is 10.4. The summed E-state index contributed by atoms with van der Waals surface area (Å²) < 4.78 is 26.9. The van der Waals surface area contributed by atoms with Gasteiger partial charge < -0.3 is 10.4 Å². The fourth-order valence-corrected chi connectivity index (χ4v) is 1.88. The Balaban J connectivity index is 2.11. The second kappa shape index (κ2) is 5.35. The minimum absolute atomic E-state index is 0.327. The quantitative estimate of drug-likeness (QED) is 0.838. The zero-order valence-electron chi connectivity index (χ0n) is 9.25. The molecule has 2 rings (SSSR count). The van der Waals surface area contributed by atoms with Crippen LogP contribution in [0.2, 0.25) is 0 Å². The number of phenolic OH excluding ortho intramolecular Hbond substituents is 1. The maximum absolute atomic E-state index is 13.1. The third-order valence-electron chi connectivity index (χ3n) is 2.44. The summed E-state index contributed by atoms with van der Waals surface area (Å²) in [5, 5.41) is 12.0. The number of halogens is 3. The second-order valence-electron chi connectivity index (χ2n) is 3.76. The molecule has 0 amide bonds. The van der Waals surface area contributed by atoms with Crippen LogP contribution in [0.25, 0.3) is 0 Å². The Labute approximate surface area is 111 Å². The van der Waals surface area contributed by atoms with Gasteiger partial charge in [-0.1, -0.05) is 15.9 Å². The van der Waals surface area contributed by atoms with Crippen molar-refractivity contribution in [1.82, 2.24) is 0 Å². The van der Waals surface area contributed by atoms with E-state index in [4.69, 9.17) is 5.11 Å². The van der Waals surface area contributed by atoms with Gasteiger partial charge in [-0.25, -0.2) is 8.78 Å². The molecule has 0 spiro atoms. The van der Waals surface area contributed by atoms with Crippen LogP contribution in [0.1, 0.15) is 5.56 Å². The van der Waals surface area contributed by atoms with Crippen molar-refractivity contribution in [2.24, 2.45) is 0 Å². The Kier molecular flexibility index (Phi) is 3.81. The molecule has 0 aliphatic carbocycles. The molecule has 0 aliphatic rings. The summed E-state index contributed by atoms with van der Waals surface area (Å²) in [6, 6.07) is 8.36. The van der Waals surface area contributed by atoms with E-state index in [1.165, 1.54) is 24.3 Å². The van der Waals surface area contributed by atoms with Crippen LogP contribution in [0.5, 0.6) is 5.75 Å². The number of aromatic hydroxyl groups is 1. The molecule has 94 valence electrons. The van der Waals surface area contributed by atoms with E-state index in [2.05, 4.69) is 21.2 Å². The summed E-state index contributed by atoms with van der Waals surface area (Å²) in [5.41, 5.74) is 1.24. The van der Waals surface area contributed by atoms with Crippen molar-refractivity contribution in [3.8, 4) is 5.75 Å². The van der Waals surface area contributed by atoms with E-state index in [0.717, 1.165) is 10.0 Å². The van der Waals surface area contributed by atoms with Gasteiger partial charge in [0.15, 0.2) is 11.6 Å². The molecule has 0 aromatic heterocycles. The van der Waals surface area contributed by atoms with Crippen molar-refractivity contribution >= 4 is 21.6 Å². The van der Waals surface area contributed by atoms with Crippen LogP contribution in [0.15, 0.2) is 40.9 Å². The number of benzene rings is 2. The van der Waals surface area contributed by atoms with Crippen molar-refractivity contribution < 1.29 is 13.9 Å². The lowest BCUT2D eigenvalue weighted by Crippen LogP contribution is -2.01. The molecule has 0 saturated heterocycles. The van der Waals surface area contributed by atoms with Gasteiger partial charge in [-0.05, 0) is 35.9 Å². The highest BCUT2D eigenvalue weighted by Gasteiger charge is 2.04. The summed E-state index contributed by atoms with van der Waals surface area (Å²) in [6.07, 6.45) is 0. The maximum atomic E-state index is 13.1. The number of hydrogen-bond donors (Lipinski definition) is 2. The number of hydrogen-bond acceptors (Lipinski definition) is 2. The Hall–Kier alpha value is -1.62. The van der Waals surface area contributed by atoms with Gasteiger partial charge in [0, 0.05) is 22.8 Å². The molecule has 18 heavy (non-hydrogen) atoms. The minimum atomic E-state index is -0.696. The summed E-state index contributed by atoms with van der Waals surface area (Å²) in [6.45, 7) is 0.350. The minimum Gasteiger partial charge on any atom is -0.505 e. The number of anilines is 1. The van der Waals surface area contributed by atoms with Gasteiger partial charge in [0.1, 0.15) is 5.82 Å². The standard InChI is InChI=1S/C13H10BrF2NO/c14-11-3-1-9(15)5-8(11)7-17-10-2-4-13(18)12(16)6-10/h1-6,17-18H,7H2. The van der Waals surface area contributed by atoms with Crippen LogP contribution >= 0.6 is 15.9 Å². The van der Waals surface area contributed by atoms with Gasteiger partial charge >= 0.3 is 0 Å². The van der Waals surface area contributed by atoms with Gasteiger partial charge in [0.25, 0.3) is 0 Å². The average Bonchev–Trinajstić information content (AvgIpc) is 2.34. The molecular formula is C13H10BrF2NO. The van der Waals surface area contributed by atoms with Crippen molar-refractivity contribution in [2.75, 3.05) is 5.32 Å². The molecule has 2 aromatic carbocycles. The Bertz CT molecular complexity index is 575. The van der Waals surface area contributed by atoms with Gasteiger partial charge in [-0.15, -0.1) is 0 Å². The Morgan fingerprint density at radius 1 is 1.11 bits per heavy atom. The molecule has 2 nitrogen and oxygen atoms in total. The number of phenols is 1. The lowest BCUT2D eigenvalue weighted by molar-refractivity contribution is 0.432. The predicted molar refractivity (Wildman–Crippen MR) is 69.5 cm³/mol. The third-order valence-corrected chi connectivity index (χ3v) is 3.21. The fourth-order valence-electron chi connectivity index (χ4n) is 1.49. The zero-order chi connectivity index (χ0) is 13.1. The van der Waals surface area contributed by atoms with Gasteiger partial charge in [-0.3, -0.25) is 0 Å². The van der Waals surface area contributed by atoms with Crippen LogP contribution in [-0.2, 0) is 6.54 Å². The van der Waals surface area contributed by atoms with E-state index in [1.807, 2.05) is 0 Å². The zero-order valence-corrected chi connectivity index (χ0v) is 10.8. The topological polar surface area (TPSA) is 32.3 Å². The maximum Gasteiger partial charge on any atom is 0.166 e. The van der Waals surface area contributed by atoms with Crippen molar-refractivity contribution in [2.45, 2.75) is 6.54 Å². The van der Waals surface area contributed by atoms with E-state index >= 15 is 0 Å². The highest BCUT2D eigenvalue weighted by molar-refractivity contribution is 9.10. The van der Waals surface area contributed by atoms with Gasteiger partial charge in [0.05, 0.1) is 0 Å². The summed E-state index contributed by atoms with van der Waals surface area (Å²) in [4.78, 5) is 0. The average molecular weight is 314 g/mol. The lowest BCUT2D eigenvalue weighted by atomic mass is 10.2. The fraction of sp³-hybridized carbons (Fsp3) is 0.0769. The van der Waals surface area contributed by atoms with Crippen LogP contribution in [0.4, 0.5) is 14.5 Å². The first-order valence-electron chi connectivity index (χ1n) is 5.22. The molecular weight excluding hydrogens is 304 g/mol. The molecule has 5 heteroatoms. The van der Waals surface area contributed by atoms with E-state index in [9.17, 15) is 8.78 Å². The Morgan fingerprint density at radius 2 is 1.89 bits per heavy atom. The van der Waals surface area contributed by atoms with Crippen LogP contribution in [0.3, 0.4) is 0 Å².